The summed E-state index contributed by atoms with van der Waals surface area (Å²) in [6.07, 6.45) is 0. The molecule has 0 spiro atoms. The molecule has 1 fully saturated rings. The van der Waals surface area contributed by atoms with Crippen LogP contribution in [-0.4, -0.2) is 54.5 Å². The average molecular weight is 365 g/mol. The molecule has 0 bridgehead atoms. The van der Waals surface area contributed by atoms with Gasteiger partial charge in [-0.25, -0.2) is 14.0 Å². The Kier molecular flexibility index (Phi) is 6.26. The molecule has 0 unspecified atom stereocenters. The number of rotatable bonds is 6. The first-order valence-electron chi connectivity index (χ1n) is 8.11. The zero-order valence-corrected chi connectivity index (χ0v) is 14.5. The van der Waals surface area contributed by atoms with Gasteiger partial charge in [0.15, 0.2) is 6.61 Å². The minimum Gasteiger partial charge on any atom is -0.454 e. The summed E-state index contributed by atoms with van der Waals surface area (Å²) in [6.45, 7) is 3.26. The summed E-state index contributed by atoms with van der Waals surface area (Å²) < 4.78 is 18.6. The molecule has 1 heterocycles. The van der Waals surface area contributed by atoms with E-state index in [1.165, 1.54) is 18.2 Å². The Balaban J connectivity index is 1.97. The van der Waals surface area contributed by atoms with E-state index in [-0.39, 0.29) is 18.0 Å². The van der Waals surface area contributed by atoms with Gasteiger partial charge in [-0.2, -0.15) is 0 Å². The molecule has 140 valence electrons. The molecule has 2 N–H and O–H groups in total. The molecule has 9 heteroatoms. The molecular weight excluding hydrogens is 345 g/mol. The van der Waals surface area contributed by atoms with Crippen LogP contribution in [0.3, 0.4) is 0 Å². The maximum absolute atomic E-state index is 13.7. The van der Waals surface area contributed by atoms with Crippen LogP contribution >= 0.6 is 0 Å². The lowest BCUT2D eigenvalue weighted by Gasteiger charge is -2.21. The third-order valence-corrected chi connectivity index (χ3v) is 3.82. The largest absolute Gasteiger partial charge is 0.454 e. The number of urea groups is 1. The molecule has 1 saturated heterocycles. The number of esters is 1. The van der Waals surface area contributed by atoms with Gasteiger partial charge in [0.1, 0.15) is 11.9 Å². The zero-order valence-electron chi connectivity index (χ0n) is 14.5. The van der Waals surface area contributed by atoms with Gasteiger partial charge < -0.3 is 15.4 Å². The topological polar surface area (TPSA) is 105 Å². The number of nitrogens with zero attached hydrogens (tertiary/aromatic N) is 1. The van der Waals surface area contributed by atoms with Gasteiger partial charge in [0.2, 0.25) is 0 Å². The molecule has 1 aromatic rings. The second-order valence-corrected chi connectivity index (χ2v) is 6.06. The molecule has 8 nitrogen and oxygen atoms in total. The lowest BCUT2D eigenvalue weighted by atomic mass is 10.0. The van der Waals surface area contributed by atoms with E-state index in [9.17, 15) is 23.6 Å². The van der Waals surface area contributed by atoms with Crippen molar-refractivity contribution in [3.8, 4) is 0 Å². The Hall–Kier alpha value is -2.97. The van der Waals surface area contributed by atoms with Crippen LogP contribution in [-0.2, 0) is 14.3 Å². The SMILES string of the molecule is CC(C)[C@H](NC(=O)c1ccccc1F)C(=O)OCC(=O)N1CCNC1=O. The number of hydrogen-bond donors (Lipinski definition) is 2. The highest BCUT2D eigenvalue weighted by Crippen LogP contribution is 2.10. The number of imide groups is 1. The van der Waals surface area contributed by atoms with Crippen molar-refractivity contribution in [3.05, 3.63) is 35.6 Å². The number of carbonyl (C=O) groups excluding carboxylic acids is 4. The third kappa shape index (κ3) is 4.56. The van der Waals surface area contributed by atoms with Crippen molar-refractivity contribution >= 4 is 23.8 Å². The number of nitrogens with one attached hydrogen (secondary N) is 2. The molecule has 1 atom stereocenters. The standard InChI is InChI=1S/C17H20FN3O5/c1-10(2)14(20-15(23)11-5-3-4-6-12(11)18)16(24)26-9-13(22)21-8-7-19-17(21)25/h3-6,10,14H,7-9H2,1-2H3,(H,19,25)(H,20,23)/t14-/m0/s1. The summed E-state index contributed by atoms with van der Waals surface area (Å²) in [5.41, 5.74) is -0.198. The lowest BCUT2D eigenvalue weighted by Crippen LogP contribution is -2.46. The molecule has 1 aliphatic rings. The Morgan fingerprint density at radius 3 is 2.58 bits per heavy atom. The Bertz CT molecular complexity index is 722. The van der Waals surface area contributed by atoms with Crippen molar-refractivity contribution in [2.75, 3.05) is 19.7 Å². The number of ether oxygens (including phenoxy) is 1. The van der Waals surface area contributed by atoms with E-state index in [1.54, 1.807) is 13.8 Å². The fourth-order valence-electron chi connectivity index (χ4n) is 2.37. The average Bonchev–Trinajstić information content (AvgIpc) is 3.03. The predicted octanol–water partition coefficient (Wildman–Crippen LogP) is 0.675. The van der Waals surface area contributed by atoms with E-state index in [0.717, 1.165) is 11.0 Å². The normalized spacial score (nSPS) is 14.8. The summed E-state index contributed by atoms with van der Waals surface area (Å²) in [4.78, 5) is 48.7. The maximum Gasteiger partial charge on any atom is 0.329 e. The van der Waals surface area contributed by atoms with Gasteiger partial charge in [0, 0.05) is 13.1 Å². The van der Waals surface area contributed by atoms with Gasteiger partial charge in [-0.15, -0.1) is 0 Å². The summed E-state index contributed by atoms with van der Waals surface area (Å²) in [5.74, 6) is -3.32. The van der Waals surface area contributed by atoms with Gasteiger partial charge in [-0.05, 0) is 18.1 Å². The van der Waals surface area contributed by atoms with Crippen LogP contribution in [0.2, 0.25) is 0 Å². The number of halogens is 1. The van der Waals surface area contributed by atoms with Crippen LogP contribution in [0.15, 0.2) is 24.3 Å². The minimum atomic E-state index is -1.07. The summed E-state index contributed by atoms with van der Waals surface area (Å²) >= 11 is 0. The summed E-state index contributed by atoms with van der Waals surface area (Å²) in [7, 11) is 0. The summed E-state index contributed by atoms with van der Waals surface area (Å²) in [6, 6.07) is 3.77. The van der Waals surface area contributed by atoms with Gasteiger partial charge >= 0.3 is 12.0 Å². The van der Waals surface area contributed by atoms with E-state index < -0.39 is 42.3 Å². The smallest absolute Gasteiger partial charge is 0.329 e. The van der Waals surface area contributed by atoms with Crippen molar-refractivity contribution in [3.63, 3.8) is 0 Å². The van der Waals surface area contributed by atoms with Gasteiger partial charge in [-0.1, -0.05) is 26.0 Å². The first-order chi connectivity index (χ1) is 12.3. The molecule has 0 aromatic heterocycles. The van der Waals surface area contributed by atoms with Crippen LogP contribution < -0.4 is 10.6 Å². The van der Waals surface area contributed by atoms with Crippen LogP contribution in [0.5, 0.6) is 0 Å². The zero-order chi connectivity index (χ0) is 19.3. The van der Waals surface area contributed by atoms with Crippen molar-refractivity contribution in [2.24, 2.45) is 5.92 Å². The fourth-order valence-corrected chi connectivity index (χ4v) is 2.37. The second-order valence-electron chi connectivity index (χ2n) is 6.06. The molecule has 0 aliphatic carbocycles. The van der Waals surface area contributed by atoms with E-state index in [4.69, 9.17) is 4.74 Å². The molecule has 4 amide bonds. The van der Waals surface area contributed by atoms with Crippen LogP contribution in [0.25, 0.3) is 0 Å². The fraction of sp³-hybridized carbons (Fsp3) is 0.412. The first kappa shape index (κ1) is 19.4. The van der Waals surface area contributed by atoms with Gasteiger partial charge in [-0.3, -0.25) is 14.5 Å². The molecule has 2 rings (SSSR count). The van der Waals surface area contributed by atoms with E-state index in [1.807, 2.05) is 0 Å². The quantitative estimate of drug-likeness (QED) is 0.721. The van der Waals surface area contributed by atoms with Crippen LogP contribution in [0.4, 0.5) is 9.18 Å². The molecule has 26 heavy (non-hydrogen) atoms. The highest BCUT2D eigenvalue weighted by Gasteiger charge is 2.30. The van der Waals surface area contributed by atoms with E-state index in [2.05, 4.69) is 10.6 Å². The minimum absolute atomic E-state index is 0.198. The lowest BCUT2D eigenvalue weighted by molar-refractivity contribution is -0.153. The Morgan fingerprint density at radius 2 is 2.00 bits per heavy atom. The second kappa shape index (κ2) is 8.41. The van der Waals surface area contributed by atoms with Crippen molar-refractivity contribution in [2.45, 2.75) is 19.9 Å². The Morgan fingerprint density at radius 1 is 1.31 bits per heavy atom. The van der Waals surface area contributed by atoms with Crippen LogP contribution in [0.1, 0.15) is 24.2 Å². The van der Waals surface area contributed by atoms with Crippen molar-refractivity contribution < 1.29 is 28.3 Å². The summed E-state index contributed by atoms with van der Waals surface area (Å²) in [5, 5.41) is 4.88. The highest BCUT2D eigenvalue weighted by molar-refractivity contribution is 5.98. The van der Waals surface area contributed by atoms with Gasteiger partial charge in [0.05, 0.1) is 5.56 Å². The number of carbonyl (C=O) groups is 4. The Labute approximate surface area is 149 Å². The number of amides is 4. The number of hydrogen-bond acceptors (Lipinski definition) is 5. The monoisotopic (exact) mass is 365 g/mol. The highest BCUT2D eigenvalue weighted by atomic mass is 19.1. The van der Waals surface area contributed by atoms with Crippen LogP contribution in [0, 0.1) is 11.7 Å². The molecule has 1 aromatic carbocycles. The van der Waals surface area contributed by atoms with E-state index >= 15 is 0 Å². The van der Waals surface area contributed by atoms with Gasteiger partial charge in [0.25, 0.3) is 11.8 Å². The van der Waals surface area contributed by atoms with Crippen molar-refractivity contribution in [1.82, 2.24) is 15.5 Å². The first-order valence-corrected chi connectivity index (χ1v) is 8.11. The maximum atomic E-state index is 13.7. The van der Waals surface area contributed by atoms with E-state index in [0.29, 0.717) is 6.54 Å². The molecule has 1 aliphatic heterocycles. The third-order valence-electron chi connectivity index (χ3n) is 3.82. The molecule has 0 saturated carbocycles. The number of benzene rings is 1. The predicted molar refractivity (Wildman–Crippen MR) is 88.6 cm³/mol. The van der Waals surface area contributed by atoms with Crippen molar-refractivity contribution in [1.29, 1.82) is 0 Å². The molecule has 0 radical (unpaired) electrons. The molecular formula is C17H20FN3O5.